The highest BCUT2D eigenvalue weighted by Crippen LogP contribution is 2.26. The van der Waals surface area contributed by atoms with Crippen LogP contribution in [0.4, 0.5) is 5.69 Å². The van der Waals surface area contributed by atoms with Gasteiger partial charge in [-0.2, -0.15) is 0 Å². The summed E-state index contributed by atoms with van der Waals surface area (Å²) in [5.41, 5.74) is 2.23. The Hall–Kier alpha value is -1.32. The Kier molecular flexibility index (Phi) is 5.00. The van der Waals surface area contributed by atoms with Crippen molar-refractivity contribution in [2.75, 3.05) is 11.9 Å². The van der Waals surface area contributed by atoms with Crippen molar-refractivity contribution in [3.05, 3.63) is 64.6 Å². The monoisotopic (exact) mass is 319 g/mol. The first kappa shape index (κ1) is 14.1. The molecule has 0 heterocycles. The third-order valence-corrected chi connectivity index (χ3v) is 4.03. The summed E-state index contributed by atoms with van der Waals surface area (Å²) in [6, 6.07) is 18.2. The van der Waals surface area contributed by atoms with E-state index in [1.807, 2.05) is 42.5 Å². The minimum atomic E-state index is -0.0129. The first-order valence-electron chi connectivity index (χ1n) is 6.39. The maximum absolute atomic E-state index is 9.63. The van der Waals surface area contributed by atoms with Crippen molar-refractivity contribution in [3.63, 3.8) is 0 Å². The summed E-state index contributed by atoms with van der Waals surface area (Å²) in [7, 11) is 0. The molecule has 0 aromatic heterocycles. The van der Waals surface area contributed by atoms with E-state index in [0.717, 1.165) is 10.2 Å². The van der Waals surface area contributed by atoms with E-state index in [-0.39, 0.29) is 18.6 Å². The molecule has 3 heteroatoms. The van der Waals surface area contributed by atoms with Crippen LogP contribution in [0, 0.1) is 0 Å². The molecule has 2 N–H and O–H groups in total. The van der Waals surface area contributed by atoms with Crippen LogP contribution >= 0.6 is 15.9 Å². The molecule has 0 aliphatic rings. The highest BCUT2D eigenvalue weighted by molar-refractivity contribution is 9.10. The lowest BCUT2D eigenvalue weighted by Gasteiger charge is -2.25. The largest absolute Gasteiger partial charge is 0.394 e. The van der Waals surface area contributed by atoms with Crippen LogP contribution < -0.4 is 5.32 Å². The Bertz CT molecular complexity index is 515. The van der Waals surface area contributed by atoms with Crippen molar-refractivity contribution < 1.29 is 5.11 Å². The molecule has 2 unspecified atom stereocenters. The molecule has 19 heavy (non-hydrogen) atoms. The third-order valence-electron chi connectivity index (χ3n) is 3.34. The van der Waals surface area contributed by atoms with E-state index < -0.39 is 0 Å². The van der Waals surface area contributed by atoms with E-state index >= 15 is 0 Å². The van der Waals surface area contributed by atoms with Crippen LogP contribution in [0.2, 0.25) is 0 Å². The SMILES string of the molecule is CC(c1ccccc1)C(CO)Nc1ccccc1Br. The molecule has 2 nitrogen and oxygen atoms in total. The molecule has 0 aliphatic heterocycles. The molecule has 0 radical (unpaired) electrons. The van der Waals surface area contributed by atoms with Gasteiger partial charge in [0.2, 0.25) is 0 Å². The summed E-state index contributed by atoms with van der Waals surface area (Å²) in [6.07, 6.45) is 0. The topological polar surface area (TPSA) is 32.3 Å². The number of hydrogen-bond acceptors (Lipinski definition) is 2. The minimum Gasteiger partial charge on any atom is -0.394 e. The number of nitrogens with one attached hydrogen (secondary N) is 1. The van der Waals surface area contributed by atoms with Crippen LogP contribution in [0.15, 0.2) is 59.1 Å². The quantitative estimate of drug-likeness (QED) is 0.872. The Morgan fingerprint density at radius 1 is 1.05 bits per heavy atom. The maximum Gasteiger partial charge on any atom is 0.0638 e. The lowest BCUT2D eigenvalue weighted by molar-refractivity contribution is 0.262. The molecule has 0 bridgehead atoms. The van der Waals surface area contributed by atoms with Gasteiger partial charge in [0.05, 0.1) is 12.6 Å². The normalized spacial score (nSPS) is 13.8. The molecular formula is C16H18BrNO. The average Bonchev–Trinajstić information content (AvgIpc) is 2.47. The van der Waals surface area contributed by atoms with Crippen molar-refractivity contribution in [3.8, 4) is 0 Å². The average molecular weight is 320 g/mol. The predicted molar refractivity (Wildman–Crippen MR) is 83.5 cm³/mol. The summed E-state index contributed by atoms with van der Waals surface area (Å²) in [5.74, 6) is 0.235. The Balaban J connectivity index is 2.15. The Morgan fingerprint density at radius 3 is 2.32 bits per heavy atom. The van der Waals surface area contributed by atoms with Crippen LogP contribution in [0.1, 0.15) is 18.4 Å². The summed E-state index contributed by atoms with van der Waals surface area (Å²) >= 11 is 3.52. The summed E-state index contributed by atoms with van der Waals surface area (Å²) in [6.45, 7) is 2.22. The van der Waals surface area contributed by atoms with Crippen molar-refractivity contribution in [1.82, 2.24) is 0 Å². The van der Waals surface area contributed by atoms with Gasteiger partial charge < -0.3 is 10.4 Å². The van der Waals surface area contributed by atoms with Crippen LogP contribution in [0.3, 0.4) is 0 Å². The standard InChI is InChI=1S/C16H18BrNO/c1-12(13-7-3-2-4-8-13)16(11-19)18-15-10-6-5-9-14(15)17/h2-10,12,16,18-19H,11H2,1H3. The third kappa shape index (κ3) is 3.58. The fourth-order valence-electron chi connectivity index (χ4n) is 2.10. The van der Waals surface area contributed by atoms with E-state index in [1.165, 1.54) is 5.56 Å². The number of para-hydroxylation sites is 1. The fraction of sp³-hybridized carbons (Fsp3) is 0.250. The van der Waals surface area contributed by atoms with E-state index in [1.54, 1.807) is 0 Å². The zero-order valence-electron chi connectivity index (χ0n) is 10.9. The second kappa shape index (κ2) is 6.73. The van der Waals surface area contributed by atoms with Crippen molar-refractivity contribution >= 4 is 21.6 Å². The van der Waals surface area contributed by atoms with E-state index in [2.05, 4.69) is 40.3 Å². The zero-order valence-corrected chi connectivity index (χ0v) is 12.5. The summed E-state index contributed by atoms with van der Waals surface area (Å²) in [5, 5.41) is 13.0. The molecule has 0 aliphatic carbocycles. The molecule has 100 valence electrons. The predicted octanol–water partition coefficient (Wildman–Crippen LogP) is 4.03. The van der Waals surface area contributed by atoms with Gasteiger partial charge in [-0.25, -0.2) is 0 Å². The van der Waals surface area contributed by atoms with Crippen molar-refractivity contribution in [2.45, 2.75) is 18.9 Å². The van der Waals surface area contributed by atoms with Gasteiger partial charge >= 0.3 is 0 Å². The van der Waals surface area contributed by atoms with Gasteiger partial charge in [0.25, 0.3) is 0 Å². The first-order valence-corrected chi connectivity index (χ1v) is 7.18. The number of halogens is 1. The second-order valence-electron chi connectivity index (χ2n) is 4.61. The highest BCUT2D eigenvalue weighted by atomic mass is 79.9. The Morgan fingerprint density at radius 2 is 1.68 bits per heavy atom. The number of anilines is 1. The van der Waals surface area contributed by atoms with Crippen molar-refractivity contribution in [1.29, 1.82) is 0 Å². The molecular weight excluding hydrogens is 302 g/mol. The van der Waals surface area contributed by atoms with E-state index in [9.17, 15) is 5.11 Å². The lowest BCUT2D eigenvalue weighted by Crippen LogP contribution is -2.29. The number of aliphatic hydroxyl groups is 1. The number of rotatable bonds is 5. The van der Waals surface area contributed by atoms with Gasteiger partial charge in [0.1, 0.15) is 0 Å². The smallest absolute Gasteiger partial charge is 0.0638 e. The minimum absolute atomic E-state index is 0.0129. The van der Waals surface area contributed by atoms with E-state index in [0.29, 0.717) is 0 Å². The van der Waals surface area contributed by atoms with Gasteiger partial charge in [-0.3, -0.25) is 0 Å². The molecule has 2 aromatic rings. The van der Waals surface area contributed by atoms with Crippen molar-refractivity contribution in [2.24, 2.45) is 0 Å². The van der Waals surface area contributed by atoms with Gasteiger partial charge in [0, 0.05) is 16.1 Å². The van der Waals surface area contributed by atoms with Gasteiger partial charge in [-0.15, -0.1) is 0 Å². The number of hydrogen-bond donors (Lipinski definition) is 2. The van der Waals surface area contributed by atoms with Crippen LogP contribution in [-0.2, 0) is 0 Å². The molecule has 0 fully saturated rings. The summed E-state index contributed by atoms with van der Waals surface area (Å²) in [4.78, 5) is 0. The molecule has 2 aromatic carbocycles. The summed E-state index contributed by atoms with van der Waals surface area (Å²) < 4.78 is 1.01. The lowest BCUT2D eigenvalue weighted by atomic mass is 9.93. The molecule has 0 saturated carbocycles. The fourth-order valence-corrected chi connectivity index (χ4v) is 2.49. The van der Waals surface area contributed by atoms with Gasteiger partial charge in [0.15, 0.2) is 0 Å². The van der Waals surface area contributed by atoms with Gasteiger partial charge in [-0.1, -0.05) is 49.4 Å². The Labute approximate surface area is 122 Å². The number of benzene rings is 2. The van der Waals surface area contributed by atoms with Crippen LogP contribution in [0.25, 0.3) is 0 Å². The highest BCUT2D eigenvalue weighted by Gasteiger charge is 2.18. The molecule has 0 spiro atoms. The molecule has 0 amide bonds. The molecule has 2 atom stereocenters. The van der Waals surface area contributed by atoms with E-state index in [4.69, 9.17) is 0 Å². The number of aliphatic hydroxyl groups excluding tert-OH is 1. The second-order valence-corrected chi connectivity index (χ2v) is 5.47. The molecule has 2 rings (SSSR count). The van der Waals surface area contributed by atoms with Crippen LogP contribution in [0.5, 0.6) is 0 Å². The van der Waals surface area contributed by atoms with Gasteiger partial charge in [-0.05, 0) is 33.6 Å². The first-order chi connectivity index (χ1) is 9.22. The van der Waals surface area contributed by atoms with Crippen LogP contribution in [-0.4, -0.2) is 17.8 Å². The maximum atomic E-state index is 9.63. The zero-order chi connectivity index (χ0) is 13.7. The molecule has 0 saturated heterocycles.